The fourth-order valence-electron chi connectivity index (χ4n) is 3.29. The second-order valence-corrected chi connectivity index (χ2v) is 6.82. The number of aromatic nitrogens is 1. The number of carbonyl (C=O) groups is 1. The summed E-state index contributed by atoms with van der Waals surface area (Å²) in [6, 6.07) is 24.1. The summed E-state index contributed by atoms with van der Waals surface area (Å²) in [6.07, 6.45) is 1.86. The maximum absolute atomic E-state index is 12.1. The number of esters is 1. The van der Waals surface area contributed by atoms with Crippen LogP contribution in [0.3, 0.4) is 0 Å². The van der Waals surface area contributed by atoms with E-state index in [4.69, 9.17) is 16.3 Å². The Morgan fingerprint density at radius 3 is 2.22 bits per heavy atom. The van der Waals surface area contributed by atoms with Crippen molar-refractivity contribution < 1.29 is 9.53 Å². The van der Waals surface area contributed by atoms with Crippen molar-refractivity contribution in [3.63, 3.8) is 0 Å². The molecule has 134 valence electrons. The molecule has 3 aromatic carbocycles. The molecule has 0 atom stereocenters. The zero-order valence-electron chi connectivity index (χ0n) is 14.9. The van der Waals surface area contributed by atoms with E-state index in [1.54, 1.807) is 0 Å². The monoisotopic (exact) mass is 375 g/mol. The number of methoxy groups -OCH3 is 1. The minimum atomic E-state index is -0.317. The smallest absolute Gasteiger partial charge is 0.340 e. The van der Waals surface area contributed by atoms with Gasteiger partial charge in [0, 0.05) is 28.7 Å². The van der Waals surface area contributed by atoms with E-state index in [1.165, 1.54) is 7.11 Å². The van der Waals surface area contributed by atoms with Crippen LogP contribution in [0.2, 0.25) is 5.02 Å². The fraction of sp³-hybridized carbons (Fsp3) is 0.0870. The molecule has 1 heterocycles. The highest BCUT2D eigenvalue weighted by Crippen LogP contribution is 2.25. The molecule has 4 rings (SSSR count). The van der Waals surface area contributed by atoms with Crippen molar-refractivity contribution in [2.75, 3.05) is 7.11 Å². The van der Waals surface area contributed by atoms with Crippen molar-refractivity contribution >= 4 is 28.5 Å². The van der Waals surface area contributed by atoms with Crippen molar-refractivity contribution in [1.29, 1.82) is 0 Å². The number of rotatable bonds is 4. The van der Waals surface area contributed by atoms with Crippen LogP contribution < -0.4 is 0 Å². The molecule has 0 bridgehead atoms. The minimum absolute atomic E-state index is 0.317. The molecular formula is C23H18ClNO2. The molecule has 0 radical (unpaired) electrons. The Morgan fingerprint density at radius 1 is 0.926 bits per heavy atom. The van der Waals surface area contributed by atoms with Crippen LogP contribution >= 0.6 is 11.6 Å². The molecule has 4 heteroatoms. The summed E-state index contributed by atoms with van der Waals surface area (Å²) in [5.74, 6) is -0.317. The molecule has 0 spiro atoms. The van der Waals surface area contributed by atoms with Crippen molar-refractivity contribution in [3.05, 3.63) is 95.1 Å². The summed E-state index contributed by atoms with van der Waals surface area (Å²) in [6.45, 7) is 0.679. The molecule has 27 heavy (non-hydrogen) atoms. The first-order valence-corrected chi connectivity index (χ1v) is 9.04. The minimum Gasteiger partial charge on any atom is -0.465 e. The van der Waals surface area contributed by atoms with E-state index in [1.807, 2.05) is 54.7 Å². The van der Waals surface area contributed by atoms with Gasteiger partial charge in [-0.2, -0.15) is 0 Å². The number of fused-ring (bicyclic) bond motifs is 1. The van der Waals surface area contributed by atoms with Gasteiger partial charge >= 0.3 is 5.97 Å². The molecule has 0 aliphatic carbocycles. The van der Waals surface area contributed by atoms with Crippen LogP contribution in [0.15, 0.2) is 79.0 Å². The first-order valence-electron chi connectivity index (χ1n) is 8.67. The van der Waals surface area contributed by atoms with Gasteiger partial charge in [0.2, 0.25) is 0 Å². The number of benzene rings is 3. The lowest BCUT2D eigenvalue weighted by Gasteiger charge is -2.07. The molecule has 0 aliphatic rings. The Kier molecular flexibility index (Phi) is 4.69. The fourth-order valence-corrected chi connectivity index (χ4v) is 3.42. The van der Waals surface area contributed by atoms with E-state index in [2.05, 4.69) is 28.8 Å². The molecule has 0 amide bonds. The number of halogens is 1. The quantitative estimate of drug-likeness (QED) is 0.422. The predicted molar refractivity (Wildman–Crippen MR) is 109 cm³/mol. The number of ether oxygens (including phenoxy) is 1. The van der Waals surface area contributed by atoms with Gasteiger partial charge in [-0.1, -0.05) is 66.2 Å². The summed E-state index contributed by atoms with van der Waals surface area (Å²) in [7, 11) is 1.41. The normalized spacial score (nSPS) is 10.9. The van der Waals surface area contributed by atoms with Crippen LogP contribution in [-0.4, -0.2) is 17.6 Å². The highest BCUT2D eigenvalue weighted by atomic mass is 35.5. The van der Waals surface area contributed by atoms with Gasteiger partial charge < -0.3 is 9.30 Å². The molecule has 0 saturated heterocycles. The predicted octanol–water partition coefficient (Wildman–Crippen LogP) is 5.80. The van der Waals surface area contributed by atoms with Gasteiger partial charge in [0.05, 0.1) is 12.7 Å². The third-order valence-corrected chi connectivity index (χ3v) is 4.93. The van der Waals surface area contributed by atoms with E-state index < -0.39 is 0 Å². The topological polar surface area (TPSA) is 31.2 Å². The number of para-hydroxylation sites is 1. The Labute approximate surface area is 162 Å². The summed E-state index contributed by atoms with van der Waals surface area (Å²) in [5.41, 5.74) is 5.03. The first-order chi connectivity index (χ1) is 13.2. The number of carbonyl (C=O) groups excluding carboxylic acids is 1. The van der Waals surface area contributed by atoms with Crippen LogP contribution in [0.25, 0.3) is 22.0 Å². The Bertz CT molecular complexity index is 1100. The average Bonchev–Trinajstić information content (AvgIpc) is 3.07. The highest BCUT2D eigenvalue weighted by Gasteiger charge is 2.15. The molecule has 0 unspecified atom stereocenters. The molecule has 0 aliphatic heterocycles. The highest BCUT2D eigenvalue weighted by molar-refractivity contribution is 6.30. The van der Waals surface area contributed by atoms with E-state index in [-0.39, 0.29) is 5.97 Å². The van der Waals surface area contributed by atoms with Gasteiger partial charge in [0.1, 0.15) is 0 Å². The number of hydrogen-bond donors (Lipinski definition) is 0. The first kappa shape index (κ1) is 17.4. The molecule has 3 nitrogen and oxygen atoms in total. The van der Waals surface area contributed by atoms with Gasteiger partial charge in [-0.05, 0) is 34.9 Å². The second-order valence-electron chi connectivity index (χ2n) is 6.38. The van der Waals surface area contributed by atoms with Gasteiger partial charge in [-0.3, -0.25) is 0 Å². The van der Waals surface area contributed by atoms with Crippen molar-refractivity contribution in [3.8, 4) is 11.1 Å². The Morgan fingerprint density at radius 2 is 1.56 bits per heavy atom. The molecule has 1 aromatic heterocycles. The largest absolute Gasteiger partial charge is 0.465 e. The number of hydrogen-bond acceptors (Lipinski definition) is 2. The van der Waals surface area contributed by atoms with E-state index in [9.17, 15) is 4.79 Å². The summed E-state index contributed by atoms with van der Waals surface area (Å²) in [5, 5.41) is 1.64. The molecule has 0 fully saturated rings. The van der Waals surface area contributed by atoms with Crippen LogP contribution in [0.4, 0.5) is 0 Å². The van der Waals surface area contributed by atoms with E-state index >= 15 is 0 Å². The van der Waals surface area contributed by atoms with Gasteiger partial charge in [0.25, 0.3) is 0 Å². The van der Waals surface area contributed by atoms with Crippen molar-refractivity contribution in [2.24, 2.45) is 0 Å². The lowest BCUT2D eigenvalue weighted by molar-refractivity contribution is 0.0602. The molecule has 4 aromatic rings. The molecular weight excluding hydrogens is 358 g/mol. The summed E-state index contributed by atoms with van der Waals surface area (Å²) < 4.78 is 7.00. The lowest BCUT2D eigenvalue weighted by atomic mass is 10.0. The second kappa shape index (κ2) is 7.29. The van der Waals surface area contributed by atoms with Crippen LogP contribution in [0.5, 0.6) is 0 Å². The average molecular weight is 376 g/mol. The summed E-state index contributed by atoms with van der Waals surface area (Å²) >= 11 is 5.96. The van der Waals surface area contributed by atoms with Crippen LogP contribution in [0, 0.1) is 0 Å². The van der Waals surface area contributed by atoms with E-state index in [0.717, 1.165) is 32.6 Å². The van der Waals surface area contributed by atoms with Crippen LogP contribution in [0.1, 0.15) is 15.9 Å². The van der Waals surface area contributed by atoms with E-state index in [0.29, 0.717) is 12.1 Å². The maximum atomic E-state index is 12.1. The summed E-state index contributed by atoms with van der Waals surface area (Å²) in [4.78, 5) is 12.1. The molecule has 0 saturated carbocycles. The zero-order chi connectivity index (χ0) is 18.8. The number of nitrogens with zero attached hydrogens (tertiary/aromatic N) is 1. The van der Waals surface area contributed by atoms with Gasteiger partial charge in [0.15, 0.2) is 0 Å². The zero-order valence-corrected chi connectivity index (χ0v) is 15.6. The standard InChI is InChI=1S/C23H18ClNO2/c1-27-23(26)21-15-25(22-5-3-2-4-20(21)22)14-16-6-8-17(9-7-16)18-10-12-19(24)13-11-18/h2-13,15H,14H2,1H3. The third-order valence-electron chi connectivity index (χ3n) is 4.68. The van der Waals surface area contributed by atoms with Crippen molar-refractivity contribution in [2.45, 2.75) is 6.54 Å². The van der Waals surface area contributed by atoms with Crippen LogP contribution in [-0.2, 0) is 11.3 Å². The molecule has 0 N–H and O–H groups in total. The Balaban J connectivity index is 1.64. The maximum Gasteiger partial charge on any atom is 0.340 e. The third kappa shape index (κ3) is 3.46. The Hall–Kier alpha value is -3.04. The van der Waals surface area contributed by atoms with Gasteiger partial charge in [-0.15, -0.1) is 0 Å². The SMILES string of the molecule is COC(=O)c1cn(Cc2ccc(-c3ccc(Cl)cc3)cc2)c2ccccc12. The lowest BCUT2D eigenvalue weighted by Crippen LogP contribution is -2.01. The van der Waals surface area contributed by atoms with Crippen molar-refractivity contribution in [1.82, 2.24) is 4.57 Å². The van der Waals surface area contributed by atoms with Gasteiger partial charge in [-0.25, -0.2) is 4.79 Å².